The molecule has 1 aromatic rings. The zero-order valence-corrected chi connectivity index (χ0v) is 14.7. The Labute approximate surface area is 143 Å². The van der Waals surface area contributed by atoms with Gasteiger partial charge in [-0.15, -0.1) is 0 Å². The fourth-order valence-corrected chi connectivity index (χ4v) is 3.67. The Balaban J connectivity index is 1.42. The standard InChI is InChI=1S/C20H26O4/c1-4-20(2,3)24-16(21)11-14-10-15-17(14)18(15)19(22)23-12-13-8-6-5-7-9-13/h5-9,14-15,17-18H,4,10-12H2,1-3H3. The third-order valence-corrected chi connectivity index (χ3v) is 5.52. The van der Waals surface area contributed by atoms with Crippen LogP contribution in [0.1, 0.15) is 45.6 Å². The molecule has 2 aliphatic rings. The maximum Gasteiger partial charge on any atom is 0.309 e. The first kappa shape index (κ1) is 17.0. The van der Waals surface area contributed by atoms with Gasteiger partial charge in [0.2, 0.25) is 0 Å². The van der Waals surface area contributed by atoms with Gasteiger partial charge in [0.15, 0.2) is 0 Å². The molecule has 0 spiro atoms. The Bertz CT molecular complexity index is 607. The summed E-state index contributed by atoms with van der Waals surface area (Å²) in [5, 5.41) is 0. The number of ether oxygens (including phenoxy) is 2. The highest BCUT2D eigenvalue weighted by atomic mass is 16.6. The minimum Gasteiger partial charge on any atom is -0.461 e. The van der Waals surface area contributed by atoms with Crippen LogP contribution in [-0.4, -0.2) is 17.5 Å². The third-order valence-electron chi connectivity index (χ3n) is 5.52. The average molecular weight is 330 g/mol. The van der Waals surface area contributed by atoms with Crippen LogP contribution in [0.4, 0.5) is 0 Å². The summed E-state index contributed by atoms with van der Waals surface area (Å²) in [6.45, 7) is 6.18. The molecule has 3 rings (SSSR count). The topological polar surface area (TPSA) is 52.6 Å². The SMILES string of the molecule is CCC(C)(C)OC(=O)CC1CC2C(C(=O)OCc3ccccc3)C12. The van der Waals surface area contributed by atoms with Crippen molar-refractivity contribution in [1.82, 2.24) is 0 Å². The van der Waals surface area contributed by atoms with Gasteiger partial charge in [-0.1, -0.05) is 37.3 Å². The zero-order chi connectivity index (χ0) is 17.3. The highest BCUT2D eigenvalue weighted by molar-refractivity contribution is 5.78. The zero-order valence-electron chi connectivity index (χ0n) is 14.7. The van der Waals surface area contributed by atoms with Crippen molar-refractivity contribution in [3.63, 3.8) is 0 Å². The molecule has 4 nitrogen and oxygen atoms in total. The molecule has 2 saturated carbocycles. The van der Waals surface area contributed by atoms with Gasteiger partial charge in [-0.25, -0.2) is 0 Å². The van der Waals surface area contributed by atoms with E-state index in [-0.39, 0.29) is 23.8 Å². The summed E-state index contributed by atoms with van der Waals surface area (Å²) in [4.78, 5) is 24.2. The lowest BCUT2D eigenvalue weighted by atomic mass is 9.83. The van der Waals surface area contributed by atoms with E-state index < -0.39 is 5.60 Å². The minimum atomic E-state index is -0.405. The molecule has 130 valence electrons. The van der Waals surface area contributed by atoms with E-state index in [0.29, 0.717) is 24.9 Å². The summed E-state index contributed by atoms with van der Waals surface area (Å²) in [7, 11) is 0. The maximum absolute atomic E-state index is 12.2. The summed E-state index contributed by atoms with van der Waals surface area (Å²) >= 11 is 0. The van der Waals surface area contributed by atoms with E-state index in [1.165, 1.54) is 0 Å². The van der Waals surface area contributed by atoms with Crippen LogP contribution >= 0.6 is 0 Å². The molecular weight excluding hydrogens is 304 g/mol. The first-order valence-corrected chi connectivity index (χ1v) is 8.83. The summed E-state index contributed by atoms with van der Waals surface area (Å²) in [6.07, 6.45) is 2.16. The first-order chi connectivity index (χ1) is 11.4. The van der Waals surface area contributed by atoms with Crippen LogP contribution in [0.2, 0.25) is 0 Å². The number of esters is 2. The monoisotopic (exact) mass is 330 g/mol. The minimum absolute atomic E-state index is 0.00861. The molecule has 1 aromatic carbocycles. The van der Waals surface area contributed by atoms with E-state index in [2.05, 4.69) is 0 Å². The predicted octanol–water partition coefficient (Wildman–Crippen LogP) is 3.73. The average Bonchev–Trinajstić information content (AvgIpc) is 3.16. The molecule has 2 fully saturated rings. The lowest BCUT2D eigenvalue weighted by molar-refractivity contribution is -0.159. The number of hydrogen-bond acceptors (Lipinski definition) is 4. The lowest BCUT2D eigenvalue weighted by Crippen LogP contribution is -2.29. The first-order valence-electron chi connectivity index (χ1n) is 8.83. The molecule has 2 aliphatic carbocycles. The molecule has 4 unspecified atom stereocenters. The van der Waals surface area contributed by atoms with Crippen LogP contribution < -0.4 is 0 Å². The van der Waals surface area contributed by atoms with E-state index in [0.717, 1.165) is 18.4 Å². The Hall–Kier alpha value is -1.84. The quantitative estimate of drug-likeness (QED) is 0.715. The van der Waals surface area contributed by atoms with Gasteiger partial charge in [-0.2, -0.15) is 0 Å². The van der Waals surface area contributed by atoms with Crippen LogP contribution in [0.15, 0.2) is 30.3 Å². The highest BCUT2D eigenvalue weighted by Crippen LogP contribution is 2.66. The van der Waals surface area contributed by atoms with Crippen LogP contribution in [0, 0.1) is 23.7 Å². The Morgan fingerprint density at radius 2 is 1.92 bits per heavy atom. The fraction of sp³-hybridized carbons (Fsp3) is 0.600. The number of hydrogen-bond donors (Lipinski definition) is 0. The predicted molar refractivity (Wildman–Crippen MR) is 89.9 cm³/mol. The van der Waals surface area contributed by atoms with E-state index in [4.69, 9.17) is 9.47 Å². The second kappa shape index (κ2) is 6.58. The molecule has 0 aliphatic heterocycles. The number of carbonyl (C=O) groups excluding carboxylic acids is 2. The van der Waals surface area contributed by atoms with Crippen molar-refractivity contribution < 1.29 is 19.1 Å². The van der Waals surface area contributed by atoms with Crippen molar-refractivity contribution in [1.29, 1.82) is 0 Å². The lowest BCUT2D eigenvalue weighted by Gasteiger charge is -2.27. The second-order valence-corrected chi connectivity index (χ2v) is 7.65. The van der Waals surface area contributed by atoms with Crippen LogP contribution in [0.3, 0.4) is 0 Å². The number of rotatable bonds is 7. The molecule has 24 heavy (non-hydrogen) atoms. The second-order valence-electron chi connectivity index (χ2n) is 7.65. The smallest absolute Gasteiger partial charge is 0.309 e. The Morgan fingerprint density at radius 3 is 2.58 bits per heavy atom. The van der Waals surface area contributed by atoms with E-state index in [9.17, 15) is 9.59 Å². The van der Waals surface area contributed by atoms with Gasteiger partial charge in [0, 0.05) is 6.42 Å². The Kier molecular flexibility index (Phi) is 4.66. The van der Waals surface area contributed by atoms with Crippen molar-refractivity contribution in [3.8, 4) is 0 Å². The van der Waals surface area contributed by atoms with Crippen LogP contribution in [-0.2, 0) is 25.7 Å². The van der Waals surface area contributed by atoms with Gasteiger partial charge in [0.05, 0.1) is 5.92 Å². The van der Waals surface area contributed by atoms with Crippen molar-refractivity contribution in [3.05, 3.63) is 35.9 Å². The molecule has 0 amide bonds. The normalized spacial score (nSPS) is 27.6. The summed E-state index contributed by atoms with van der Waals surface area (Å²) < 4.78 is 10.9. The van der Waals surface area contributed by atoms with Crippen LogP contribution in [0.5, 0.6) is 0 Å². The summed E-state index contributed by atoms with van der Waals surface area (Å²) in [6, 6.07) is 9.70. The molecule has 0 saturated heterocycles. The van der Waals surface area contributed by atoms with Crippen molar-refractivity contribution in [2.45, 2.75) is 52.2 Å². The largest absolute Gasteiger partial charge is 0.461 e. The Morgan fingerprint density at radius 1 is 1.21 bits per heavy atom. The van der Waals surface area contributed by atoms with Gasteiger partial charge in [0.1, 0.15) is 12.2 Å². The van der Waals surface area contributed by atoms with E-state index in [1.807, 2.05) is 51.1 Å². The molecule has 4 atom stereocenters. The molecule has 0 N–H and O–H groups in total. The van der Waals surface area contributed by atoms with Gasteiger partial charge in [-0.05, 0) is 50.0 Å². The number of carbonyl (C=O) groups is 2. The van der Waals surface area contributed by atoms with Crippen molar-refractivity contribution >= 4 is 11.9 Å². The number of benzene rings is 1. The van der Waals surface area contributed by atoms with Gasteiger partial charge in [0.25, 0.3) is 0 Å². The third kappa shape index (κ3) is 3.63. The maximum atomic E-state index is 12.2. The molecule has 0 heterocycles. The molecular formula is C20H26O4. The summed E-state index contributed by atoms with van der Waals surface area (Å²) in [5.41, 5.74) is 0.596. The van der Waals surface area contributed by atoms with Gasteiger partial charge < -0.3 is 9.47 Å². The van der Waals surface area contributed by atoms with Gasteiger partial charge >= 0.3 is 11.9 Å². The molecule has 0 radical (unpaired) electrons. The van der Waals surface area contributed by atoms with Crippen LogP contribution in [0.25, 0.3) is 0 Å². The van der Waals surface area contributed by atoms with Crippen molar-refractivity contribution in [2.24, 2.45) is 23.7 Å². The van der Waals surface area contributed by atoms with E-state index in [1.54, 1.807) is 0 Å². The van der Waals surface area contributed by atoms with Gasteiger partial charge in [-0.3, -0.25) is 9.59 Å². The molecule has 0 bridgehead atoms. The molecule has 4 heteroatoms. The van der Waals surface area contributed by atoms with Crippen molar-refractivity contribution in [2.75, 3.05) is 0 Å². The number of fused-ring (bicyclic) bond motifs is 1. The molecule has 0 aromatic heterocycles. The highest BCUT2D eigenvalue weighted by Gasteiger charge is 2.66. The fourth-order valence-electron chi connectivity index (χ4n) is 3.67. The summed E-state index contributed by atoms with van der Waals surface area (Å²) in [5.74, 6) is 0.762. The van der Waals surface area contributed by atoms with E-state index >= 15 is 0 Å².